The normalized spacial score (nSPS) is 13.6. The van der Waals surface area contributed by atoms with Crippen molar-refractivity contribution in [1.29, 1.82) is 5.26 Å². The van der Waals surface area contributed by atoms with Gasteiger partial charge in [-0.2, -0.15) is 5.26 Å². The van der Waals surface area contributed by atoms with Crippen molar-refractivity contribution in [3.63, 3.8) is 0 Å². The molecule has 0 atom stereocenters. The summed E-state index contributed by atoms with van der Waals surface area (Å²) in [7, 11) is 0. The largest absolute Gasteiger partial charge is 0.462 e. The van der Waals surface area contributed by atoms with Crippen LogP contribution in [0.15, 0.2) is 18.2 Å². The smallest absolute Gasteiger partial charge is 0.340 e. The molecule has 1 aliphatic rings. The third-order valence-electron chi connectivity index (χ3n) is 3.28. The number of ether oxygens (including phenoxy) is 1. The Labute approximate surface area is 118 Å². The third kappa shape index (κ3) is 3.21. The summed E-state index contributed by atoms with van der Waals surface area (Å²) >= 11 is 0. The van der Waals surface area contributed by atoms with E-state index in [0.29, 0.717) is 36.9 Å². The van der Waals surface area contributed by atoms with Gasteiger partial charge in [-0.1, -0.05) is 0 Å². The number of carbonyl (C=O) groups excluding carboxylic acids is 1. The molecule has 0 saturated heterocycles. The minimum atomic E-state index is -0.364. The fraction of sp³-hybridized carbons (Fsp3) is 0.467. The Morgan fingerprint density at radius 1 is 1.55 bits per heavy atom. The quantitative estimate of drug-likeness (QED) is 0.635. The van der Waals surface area contributed by atoms with Crippen molar-refractivity contribution < 1.29 is 9.53 Å². The molecule has 0 spiro atoms. The van der Waals surface area contributed by atoms with Crippen LogP contribution in [-0.2, 0) is 4.74 Å². The fourth-order valence-electron chi connectivity index (χ4n) is 2.23. The number of hydrogen-bond acceptors (Lipinski definition) is 5. The topological polar surface area (TPSA) is 79.3 Å². The van der Waals surface area contributed by atoms with Gasteiger partial charge >= 0.3 is 5.97 Å². The molecule has 5 nitrogen and oxygen atoms in total. The molecule has 1 saturated carbocycles. The van der Waals surface area contributed by atoms with E-state index >= 15 is 0 Å². The molecule has 1 aromatic carbocycles. The lowest BCUT2D eigenvalue weighted by atomic mass is 10.1. The van der Waals surface area contributed by atoms with E-state index in [2.05, 4.69) is 11.0 Å². The molecule has 1 fully saturated rings. The first-order valence-electron chi connectivity index (χ1n) is 6.87. The SMILES string of the molecule is CCOC(=O)c1cc(N)ccc1N(CCC#N)C1CC1. The van der Waals surface area contributed by atoms with Crippen LogP contribution in [0.1, 0.15) is 36.5 Å². The van der Waals surface area contributed by atoms with Crippen molar-refractivity contribution in [2.75, 3.05) is 23.8 Å². The highest BCUT2D eigenvalue weighted by molar-refractivity contribution is 5.97. The molecule has 0 amide bonds. The second kappa shape index (κ2) is 6.29. The average Bonchev–Trinajstić information content (AvgIpc) is 3.25. The molecule has 1 aliphatic carbocycles. The van der Waals surface area contributed by atoms with Crippen LogP contribution in [0.5, 0.6) is 0 Å². The first-order valence-corrected chi connectivity index (χ1v) is 6.87. The van der Waals surface area contributed by atoms with Gasteiger partial charge in [-0.3, -0.25) is 0 Å². The van der Waals surface area contributed by atoms with Gasteiger partial charge in [-0.05, 0) is 38.0 Å². The lowest BCUT2D eigenvalue weighted by Crippen LogP contribution is -2.28. The third-order valence-corrected chi connectivity index (χ3v) is 3.28. The first-order chi connectivity index (χ1) is 9.67. The van der Waals surface area contributed by atoms with E-state index in [1.165, 1.54) is 0 Å². The van der Waals surface area contributed by atoms with E-state index in [-0.39, 0.29) is 5.97 Å². The van der Waals surface area contributed by atoms with Crippen LogP contribution in [-0.4, -0.2) is 25.2 Å². The molecule has 0 bridgehead atoms. The number of rotatable bonds is 6. The van der Waals surface area contributed by atoms with Gasteiger partial charge in [-0.15, -0.1) is 0 Å². The highest BCUT2D eigenvalue weighted by Crippen LogP contribution is 2.34. The Morgan fingerprint density at radius 3 is 2.90 bits per heavy atom. The van der Waals surface area contributed by atoms with Crippen molar-refractivity contribution >= 4 is 17.3 Å². The number of hydrogen-bond donors (Lipinski definition) is 1. The molecule has 1 aromatic rings. The van der Waals surface area contributed by atoms with Gasteiger partial charge in [0.2, 0.25) is 0 Å². The van der Waals surface area contributed by atoms with Crippen molar-refractivity contribution in [3.05, 3.63) is 23.8 Å². The lowest BCUT2D eigenvalue weighted by molar-refractivity contribution is 0.0527. The highest BCUT2D eigenvalue weighted by atomic mass is 16.5. The Bertz CT molecular complexity index is 532. The summed E-state index contributed by atoms with van der Waals surface area (Å²) < 4.78 is 5.09. The van der Waals surface area contributed by atoms with Gasteiger partial charge < -0.3 is 15.4 Å². The summed E-state index contributed by atoms with van der Waals surface area (Å²) in [4.78, 5) is 14.2. The van der Waals surface area contributed by atoms with Crippen LogP contribution < -0.4 is 10.6 Å². The second-order valence-electron chi connectivity index (χ2n) is 4.83. The first kappa shape index (κ1) is 14.2. The Hall–Kier alpha value is -2.22. The maximum Gasteiger partial charge on any atom is 0.340 e. The summed E-state index contributed by atoms with van der Waals surface area (Å²) in [5.41, 5.74) is 7.61. The van der Waals surface area contributed by atoms with Crippen molar-refractivity contribution in [1.82, 2.24) is 0 Å². The maximum atomic E-state index is 12.1. The van der Waals surface area contributed by atoms with Crippen molar-refractivity contribution in [2.24, 2.45) is 0 Å². The minimum absolute atomic E-state index is 0.328. The molecule has 2 rings (SSSR count). The van der Waals surface area contributed by atoms with Crippen LogP contribution in [0, 0.1) is 11.3 Å². The number of nitrogens with zero attached hydrogens (tertiary/aromatic N) is 2. The number of carbonyl (C=O) groups is 1. The number of nitrogens with two attached hydrogens (primary N) is 1. The van der Waals surface area contributed by atoms with Crippen molar-refractivity contribution in [3.8, 4) is 6.07 Å². The molecule has 0 aliphatic heterocycles. The number of anilines is 2. The van der Waals surface area contributed by atoms with Gasteiger partial charge in [0.1, 0.15) is 0 Å². The van der Waals surface area contributed by atoms with Gasteiger partial charge in [0.15, 0.2) is 0 Å². The Balaban J connectivity index is 2.32. The van der Waals surface area contributed by atoms with Crippen LogP contribution in [0.3, 0.4) is 0 Å². The van der Waals surface area contributed by atoms with E-state index in [1.807, 2.05) is 6.07 Å². The average molecular weight is 273 g/mol. The number of nitrogen functional groups attached to an aromatic ring is 1. The molecule has 2 N–H and O–H groups in total. The lowest BCUT2D eigenvalue weighted by Gasteiger charge is -2.25. The molecule has 0 radical (unpaired) electrons. The Kier molecular flexibility index (Phi) is 4.46. The van der Waals surface area contributed by atoms with Gasteiger partial charge in [0, 0.05) is 18.3 Å². The summed E-state index contributed by atoms with van der Waals surface area (Å²) in [5, 5.41) is 8.78. The van der Waals surface area contributed by atoms with E-state index in [4.69, 9.17) is 15.7 Å². The molecule has 106 valence electrons. The number of esters is 1. The molecule has 0 aromatic heterocycles. The van der Waals surface area contributed by atoms with E-state index < -0.39 is 0 Å². The van der Waals surface area contributed by atoms with E-state index in [1.54, 1.807) is 19.1 Å². The summed E-state index contributed by atoms with van der Waals surface area (Å²) in [5.74, 6) is -0.364. The fourth-order valence-corrected chi connectivity index (χ4v) is 2.23. The predicted octanol–water partition coefficient (Wildman–Crippen LogP) is 2.33. The highest BCUT2D eigenvalue weighted by Gasteiger charge is 2.31. The number of benzene rings is 1. The maximum absolute atomic E-state index is 12.1. The van der Waals surface area contributed by atoms with E-state index in [9.17, 15) is 4.79 Å². The monoisotopic (exact) mass is 273 g/mol. The van der Waals surface area contributed by atoms with Crippen LogP contribution in [0.25, 0.3) is 0 Å². The predicted molar refractivity (Wildman–Crippen MR) is 77.4 cm³/mol. The van der Waals surface area contributed by atoms with Gasteiger partial charge in [-0.25, -0.2) is 4.79 Å². The summed E-state index contributed by atoms with van der Waals surface area (Å²) in [6, 6.07) is 7.84. The molecular weight excluding hydrogens is 254 g/mol. The Morgan fingerprint density at radius 2 is 2.30 bits per heavy atom. The molecule has 0 heterocycles. The standard InChI is InChI=1S/C15H19N3O2/c1-2-20-15(19)13-10-11(17)4-7-14(13)18(9-3-8-16)12-5-6-12/h4,7,10,12H,2-3,5-6,9,17H2,1H3. The van der Waals surface area contributed by atoms with Gasteiger partial charge in [0.25, 0.3) is 0 Å². The zero-order chi connectivity index (χ0) is 14.5. The summed E-state index contributed by atoms with van der Waals surface area (Å²) in [6.07, 6.45) is 2.62. The zero-order valence-corrected chi connectivity index (χ0v) is 11.6. The van der Waals surface area contributed by atoms with Crippen molar-refractivity contribution in [2.45, 2.75) is 32.2 Å². The van der Waals surface area contributed by atoms with E-state index in [0.717, 1.165) is 18.5 Å². The molecular formula is C15H19N3O2. The summed E-state index contributed by atoms with van der Waals surface area (Å²) in [6.45, 7) is 2.73. The molecule has 5 heteroatoms. The molecule has 20 heavy (non-hydrogen) atoms. The van der Waals surface area contributed by atoms with Crippen LogP contribution in [0.2, 0.25) is 0 Å². The minimum Gasteiger partial charge on any atom is -0.462 e. The van der Waals surface area contributed by atoms with Crippen LogP contribution >= 0.6 is 0 Å². The second-order valence-corrected chi connectivity index (χ2v) is 4.83. The van der Waals surface area contributed by atoms with Crippen LogP contribution in [0.4, 0.5) is 11.4 Å². The van der Waals surface area contributed by atoms with Gasteiger partial charge in [0.05, 0.1) is 30.3 Å². The molecule has 0 unspecified atom stereocenters. The zero-order valence-electron chi connectivity index (χ0n) is 11.6. The number of nitriles is 1.